The highest BCUT2D eigenvalue weighted by Gasteiger charge is 2.46. The molecule has 0 spiro atoms. The van der Waals surface area contributed by atoms with E-state index in [4.69, 9.17) is 9.84 Å². The molecule has 0 aliphatic rings. The predicted molar refractivity (Wildman–Crippen MR) is 71.4 cm³/mol. The fraction of sp³-hybridized carbons (Fsp3) is 0.429. The predicted octanol–water partition coefficient (Wildman–Crippen LogP) is 2.11. The third-order valence-electron chi connectivity index (χ3n) is 3.05. The lowest BCUT2D eigenvalue weighted by atomic mass is 10.1. The van der Waals surface area contributed by atoms with Crippen molar-refractivity contribution >= 4 is 11.9 Å². The summed E-state index contributed by atoms with van der Waals surface area (Å²) in [7, 11) is 1.03. The summed E-state index contributed by atoms with van der Waals surface area (Å²) >= 11 is 0. The van der Waals surface area contributed by atoms with E-state index in [1.807, 2.05) is 0 Å². The van der Waals surface area contributed by atoms with Crippen molar-refractivity contribution in [3.8, 4) is 5.75 Å². The van der Waals surface area contributed by atoms with Crippen molar-refractivity contribution in [3.63, 3.8) is 0 Å². The van der Waals surface area contributed by atoms with Crippen LogP contribution in [0.4, 0.5) is 8.78 Å². The number of likely N-dealkylation sites (N-methyl/N-ethyl adjacent to an activating group) is 1. The number of aliphatic carboxylic acids is 1. The van der Waals surface area contributed by atoms with E-state index in [0.717, 1.165) is 20.0 Å². The Hall–Kier alpha value is -2.18. The lowest BCUT2D eigenvalue weighted by Crippen LogP contribution is -2.47. The quantitative estimate of drug-likeness (QED) is 0.874. The minimum Gasteiger partial charge on any atom is -0.493 e. The Balaban J connectivity index is 3.15. The lowest BCUT2D eigenvalue weighted by molar-refractivity contribution is -0.164. The van der Waals surface area contributed by atoms with Crippen LogP contribution >= 0.6 is 0 Å². The van der Waals surface area contributed by atoms with Crippen LogP contribution in [0.5, 0.6) is 5.75 Å². The molecule has 0 saturated heterocycles. The Morgan fingerprint density at radius 3 is 2.48 bits per heavy atom. The molecule has 21 heavy (non-hydrogen) atoms. The van der Waals surface area contributed by atoms with Crippen LogP contribution in [0.2, 0.25) is 0 Å². The molecule has 1 aromatic rings. The van der Waals surface area contributed by atoms with Gasteiger partial charge in [-0.3, -0.25) is 4.79 Å². The van der Waals surface area contributed by atoms with Gasteiger partial charge < -0.3 is 14.7 Å². The minimum atomic E-state index is -3.87. The van der Waals surface area contributed by atoms with Gasteiger partial charge in [0.05, 0.1) is 12.2 Å². The molecule has 0 fully saturated rings. The third kappa shape index (κ3) is 3.48. The summed E-state index contributed by atoms with van der Waals surface area (Å²) in [5.41, 5.74) is -0.582. The molecule has 0 saturated carbocycles. The molecule has 0 aliphatic heterocycles. The van der Waals surface area contributed by atoms with E-state index in [1.165, 1.54) is 18.2 Å². The number of ether oxygens (including phenoxy) is 1. The highest BCUT2D eigenvalue weighted by molar-refractivity contribution is 5.89. The first kappa shape index (κ1) is 16.9. The fourth-order valence-electron chi connectivity index (χ4n) is 1.69. The lowest BCUT2D eigenvalue weighted by Gasteiger charge is -2.27. The zero-order valence-corrected chi connectivity index (χ0v) is 12.0. The fourth-order valence-corrected chi connectivity index (χ4v) is 1.69. The SMILES string of the molecule is CCOc1ccccc1C(F)(F)C(=O)N(C)C(C)C(=O)O. The Kier molecular flexibility index (Phi) is 5.23. The van der Waals surface area contributed by atoms with Crippen molar-refractivity contribution in [1.29, 1.82) is 0 Å². The molecule has 7 heteroatoms. The molecule has 1 amide bonds. The summed E-state index contributed by atoms with van der Waals surface area (Å²) in [6.07, 6.45) is 0. The summed E-state index contributed by atoms with van der Waals surface area (Å²) in [4.78, 5) is 23.2. The zero-order chi connectivity index (χ0) is 16.2. The molecule has 0 heterocycles. The third-order valence-corrected chi connectivity index (χ3v) is 3.05. The topological polar surface area (TPSA) is 66.8 Å². The highest BCUT2D eigenvalue weighted by atomic mass is 19.3. The van der Waals surface area contributed by atoms with Crippen LogP contribution in [0.25, 0.3) is 0 Å². The zero-order valence-electron chi connectivity index (χ0n) is 12.0. The molecular formula is C14H17F2NO4. The van der Waals surface area contributed by atoms with Gasteiger partial charge in [-0.2, -0.15) is 8.78 Å². The van der Waals surface area contributed by atoms with Crippen LogP contribution in [0.1, 0.15) is 19.4 Å². The molecule has 0 bridgehead atoms. The van der Waals surface area contributed by atoms with Crippen molar-refractivity contribution in [2.75, 3.05) is 13.7 Å². The number of amides is 1. The number of alkyl halides is 2. The van der Waals surface area contributed by atoms with Crippen LogP contribution in [-0.4, -0.2) is 41.6 Å². The Morgan fingerprint density at radius 2 is 1.95 bits per heavy atom. The Labute approximate surface area is 121 Å². The smallest absolute Gasteiger partial charge is 0.353 e. The van der Waals surface area contributed by atoms with Gasteiger partial charge in [-0.05, 0) is 26.0 Å². The molecule has 0 aliphatic carbocycles. The molecule has 1 N–H and O–H groups in total. The van der Waals surface area contributed by atoms with Crippen LogP contribution in [0.3, 0.4) is 0 Å². The van der Waals surface area contributed by atoms with E-state index in [9.17, 15) is 18.4 Å². The number of hydrogen-bond acceptors (Lipinski definition) is 3. The molecule has 1 unspecified atom stereocenters. The molecule has 5 nitrogen and oxygen atoms in total. The first-order valence-electron chi connectivity index (χ1n) is 6.33. The summed E-state index contributed by atoms with van der Waals surface area (Å²) in [5, 5.41) is 8.81. The average Bonchev–Trinajstić information content (AvgIpc) is 2.45. The van der Waals surface area contributed by atoms with E-state index in [-0.39, 0.29) is 12.4 Å². The van der Waals surface area contributed by atoms with Crippen molar-refractivity contribution in [1.82, 2.24) is 4.90 Å². The number of nitrogens with zero attached hydrogens (tertiary/aromatic N) is 1. The number of hydrogen-bond donors (Lipinski definition) is 1. The second-order valence-electron chi connectivity index (χ2n) is 4.43. The second-order valence-corrected chi connectivity index (χ2v) is 4.43. The van der Waals surface area contributed by atoms with Gasteiger partial charge >= 0.3 is 11.9 Å². The van der Waals surface area contributed by atoms with Crippen LogP contribution in [0, 0.1) is 0 Å². The van der Waals surface area contributed by atoms with Gasteiger partial charge in [0.1, 0.15) is 11.8 Å². The van der Waals surface area contributed by atoms with Crippen molar-refractivity contribution in [2.24, 2.45) is 0 Å². The second kappa shape index (κ2) is 6.51. The highest BCUT2D eigenvalue weighted by Crippen LogP contribution is 2.36. The average molecular weight is 301 g/mol. The maximum atomic E-state index is 14.3. The van der Waals surface area contributed by atoms with Gasteiger partial charge in [0.2, 0.25) is 0 Å². The number of halogens is 2. The van der Waals surface area contributed by atoms with Crippen LogP contribution < -0.4 is 4.74 Å². The van der Waals surface area contributed by atoms with Crippen molar-refractivity contribution < 1.29 is 28.2 Å². The van der Waals surface area contributed by atoms with Crippen LogP contribution in [0.15, 0.2) is 24.3 Å². The van der Waals surface area contributed by atoms with Crippen molar-refractivity contribution in [2.45, 2.75) is 25.8 Å². The molecule has 116 valence electrons. The van der Waals surface area contributed by atoms with Gasteiger partial charge in [-0.15, -0.1) is 0 Å². The van der Waals surface area contributed by atoms with Gasteiger partial charge in [0.25, 0.3) is 5.91 Å². The van der Waals surface area contributed by atoms with E-state index >= 15 is 0 Å². The number of carbonyl (C=O) groups is 2. The largest absolute Gasteiger partial charge is 0.493 e. The summed E-state index contributed by atoms with van der Waals surface area (Å²) < 4.78 is 33.8. The minimum absolute atomic E-state index is 0.102. The monoisotopic (exact) mass is 301 g/mol. The molecular weight excluding hydrogens is 284 g/mol. The summed E-state index contributed by atoms with van der Waals surface area (Å²) in [6, 6.07) is 3.93. The number of rotatable bonds is 6. The van der Waals surface area contributed by atoms with E-state index in [1.54, 1.807) is 6.92 Å². The van der Waals surface area contributed by atoms with Gasteiger partial charge in [0.15, 0.2) is 0 Å². The number of benzene rings is 1. The molecule has 0 radical (unpaired) electrons. The molecule has 1 atom stereocenters. The summed E-state index contributed by atoms with van der Waals surface area (Å²) in [5.74, 6) is -6.93. The van der Waals surface area contributed by atoms with E-state index < -0.39 is 29.4 Å². The van der Waals surface area contributed by atoms with Gasteiger partial charge in [-0.25, -0.2) is 4.79 Å². The van der Waals surface area contributed by atoms with Gasteiger partial charge in [0, 0.05) is 7.05 Å². The number of carboxylic acids is 1. The Morgan fingerprint density at radius 1 is 1.38 bits per heavy atom. The molecule has 1 rings (SSSR count). The normalized spacial score (nSPS) is 12.6. The van der Waals surface area contributed by atoms with Gasteiger partial charge in [-0.1, -0.05) is 12.1 Å². The van der Waals surface area contributed by atoms with Crippen LogP contribution in [-0.2, 0) is 15.5 Å². The Bertz CT molecular complexity index is 533. The molecule has 1 aromatic carbocycles. The maximum Gasteiger partial charge on any atom is 0.353 e. The first-order chi connectivity index (χ1) is 9.73. The number of para-hydroxylation sites is 1. The standard InChI is InChI=1S/C14H17F2NO4/c1-4-21-11-8-6-5-7-10(11)14(15,16)13(20)17(3)9(2)12(18)19/h5-9H,4H2,1-3H3,(H,18,19). The maximum absolute atomic E-state index is 14.3. The number of carboxylic acid groups (broad SMARTS) is 1. The number of carbonyl (C=O) groups excluding carboxylic acids is 1. The summed E-state index contributed by atoms with van der Waals surface area (Å²) in [6.45, 7) is 2.96. The van der Waals surface area contributed by atoms with E-state index in [2.05, 4.69) is 0 Å². The van der Waals surface area contributed by atoms with E-state index in [0.29, 0.717) is 4.90 Å². The molecule has 0 aromatic heterocycles. The van der Waals surface area contributed by atoms with Crippen molar-refractivity contribution in [3.05, 3.63) is 29.8 Å². The first-order valence-corrected chi connectivity index (χ1v) is 6.33.